The van der Waals surface area contributed by atoms with Crippen molar-refractivity contribution in [2.45, 2.75) is 19.3 Å². The van der Waals surface area contributed by atoms with E-state index in [1.165, 1.54) is 0 Å². The third kappa shape index (κ3) is 2.27. The first-order valence-electron chi connectivity index (χ1n) is 4.89. The summed E-state index contributed by atoms with van der Waals surface area (Å²) in [6, 6.07) is 5.62. The summed E-state index contributed by atoms with van der Waals surface area (Å²) in [7, 11) is 0. The molecule has 1 N–H and O–H groups in total. The van der Waals surface area contributed by atoms with Gasteiger partial charge in [0.2, 0.25) is 0 Å². The van der Waals surface area contributed by atoms with E-state index in [1.54, 1.807) is 0 Å². The van der Waals surface area contributed by atoms with Gasteiger partial charge in [-0.25, -0.2) is 0 Å². The number of carboxylic acid groups (broad SMARTS) is 1. The molecule has 1 heterocycles. The summed E-state index contributed by atoms with van der Waals surface area (Å²) < 4.78 is 0. The zero-order valence-corrected chi connectivity index (χ0v) is 8.23. The van der Waals surface area contributed by atoms with Gasteiger partial charge in [-0.15, -0.1) is 0 Å². The average Bonchev–Trinajstić information content (AvgIpc) is 2.26. The van der Waals surface area contributed by atoms with Crippen LogP contribution >= 0.6 is 0 Å². The van der Waals surface area contributed by atoms with Crippen molar-refractivity contribution in [2.24, 2.45) is 0 Å². The second-order valence-electron chi connectivity index (χ2n) is 3.44. The van der Waals surface area contributed by atoms with Crippen LogP contribution in [0.3, 0.4) is 0 Å². The van der Waals surface area contributed by atoms with Crippen LogP contribution in [0.1, 0.15) is 17.5 Å². The van der Waals surface area contributed by atoms with Gasteiger partial charge in [0.1, 0.15) is 0 Å². The first-order valence-corrected chi connectivity index (χ1v) is 4.89. The molecule has 15 heavy (non-hydrogen) atoms. The van der Waals surface area contributed by atoms with Gasteiger partial charge in [-0.3, -0.25) is 4.79 Å². The van der Waals surface area contributed by atoms with Crippen molar-refractivity contribution < 1.29 is 19.7 Å². The average molecular weight is 208 g/mol. The van der Waals surface area contributed by atoms with Gasteiger partial charge >= 0.3 is 5.97 Å². The fourth-order valence-corrected chi connectivity index (χ4v) is 1.70. The summed E-state index contributed by atoms with van der Waals surface area (Å²) in [6.07, 6.45) is 1.48. The fraction of sp³-hybridized carbons (Fsp3) is 0.364. The van der Waals surface area contributed by atoms with E-state index < -0.39 is 5.97 Å². The van der Waals surface area contributed by atoms with Gasteiger partial charge in [0.15, 0.2) is 5.75 Å². The molecule has 0 radical (unpaired) electrons. The van der Waals surface area contributed by atoms with Gasteiger partial charge in [-0.1, -0.05) is 12.1 Å². The third-order valence-corrected chi connectivity index (χ3v) is 2.42. The predicted molar refractivity (Wildman–Crippen MR) is 52.7 cm³/mol. The molecule has 80 valence electrons. The number of hydrogen-bond donors (Lipinski definition) is 1. The number of rotatable bonds is 3. The van der Waals surface area contributed by atoms with Crippen LogP contribution in [0.2, 0.25) is 0 Å². The number of aryl methyl sites for hydroxylation is 1. The lowest BCUT2D eigenvalue weighted by Gasteiger charge is -2.18. The van der Waals surface area contributed by atoms with Crippen molar-refractivity contribution in [3.63, 3.8) is 0 Å². The maximum atomic E-state index is 10.5. The molecule has 0 atom stereocenters. The Morgan fingerprint density at radius 1 is 1.47 bits per heavy atom. The second kappa shape index (κ2) is 4.31. The summed E-state index contributed by atoms with van der Waals surface area (Å²) in [6.45, 7) is 0.525. The van der Waals surface area contributed by atoms with E-state index in [0.717, 1.165) is 17.5 Å². The zero-order chi connectivity index (χ0) is 10.7. The van der Waals surface area contributed by atoms with Crippen LogP contribution in [-0.2, 0) is 22.5 Å². The molecule has 0 aromatic heterocycles. The largest absolute Gasteiger partial charge is 0.481 e. The summed E-state index contributed by atoms with van der Waals surface area (Å²) >= 11 is 0. The summed E-state index contributed by atoms with van der Waals surface area (Å²) in [5.74, 6) is -0.0651. The molecule has 0 aliphatic carbocycles. The smallest absolute Gasteiger partial charge is 0.303 e. The molecule has 4 heteroatoms. The van der Waals surface area contributed by atoms with E-state index in [0.29, 0.717) is 18.8 Å². The highest BCUT2D eigenvalue weighted by Crippen LogP contribution is 2.27. The number of aliphatic carboxylic acids is 1. The lowest BCUT2D eigenvalue weighted by Crippen LogP contribution is -2.13. The van der Waals surface area contributed by atoms with Gasteiger partial charge in [0.05, 0.1) is 6.61 Å². The molecular formula is C11H12O4. The first kappa shape index (κ1) is 9.98. The number of benzene rings is 1. The van der Waals surface area contributed by atoms with Gasteiger partial charge < -0.3 is 9.99 Å². The summed E-state index contributed by atoms with van der Waals surface area (Å²) in [5.41, 5.74) is 2.11. The van der Waals surface area contributed by atoms with E-state index in [9.17, 15) is 4.79 Å². The Hall–Kier alpha value is -1.55. The van der Waals surface area contributed by atoms with Crippen LogP contribution < -0.4 is 4.89 Å². The summed E-state index contributed by atoms with van der Waals surface area (Å²) in [4.78, 5) is 20.4. The highest BCUT2D eigenvalue weighted by Gasteiger charge is 2.15. The molecule has 2 rings (SSSR count). The standard InChI is InChI=1S/C11H12O4/c12-11(13)5-4-8-2-1-3-10-9(8)6-7-14-15-10/h1-3H,4-7H2,(H,12,13). The van der Waals surface area contributed by atoms with Crippen molar-refractivity contribution in [2.75, 3.05) is 6.61 Å². The Morgan fingerprint density at radius 3 is 3.13 bits per heavy atom. The lowest BCUT2D eigenvalue weighted by atomic mass is 9.99. The van der Waals surface area contributed by atoms with Crippen LogP contribution in [0, 0.1) is 0 Å². The highest BCUT2D eigenvalue weighted by molar-refractivity contribution is 5.67. The number of fused-ring (bicyclic) bond motifs is 1. The number of carbonyl (C=O) groups is 1. The highest BCUT2D eigenvalue weighted by atomic mass is 17.2. The maximum absolute atomic E-state index is 10.5. The van der Waals surface area contributed by atoms with Crippen molar-refractivity contribution in [3.8, 4) is 5.75 Å². The molecule has 0 spiro atoms. The molecule has 1 aromatic rings. The number of hydrogen-bond acceptors (Lipinski definition) is 3. The zero-order valence-electron chi connectivity index (χ0n) is 8.23. The third-order valence-electron chi connectivity index (χ3n) is 2.42. The topological polar surface area (TPSA) is 55.8 Å². The first-order chi connectivity index (χ1) is 7.27. The van der Waals surface area contributed by atoms with E-state index in [4.69, 9.17) is 14.9 Å². The van der Waals surface area contributed by atoms with E-state index in [2.05, 4.69) is 0 Å². The van der Waals surface area contributed by atoms with Crippen molar-refractivity contribution in [3.05, 3.63) is 29.3 Å². The molecule has 1 aliphatic rings. The fourth-order valence-electron chi connectivity index (χ4n) is 1.70. The Balaban J connectivity index is 2.19. The van der Waals surface area contributed by atoms with Crippen LogP contribution in [0.4, 0.5) is 0 Å². The van der Waals surface area contributed by atoms with Gasteiger partial charge in [-0.2, -0.15) is 4.89 Å². The van der Waals surface area contributed by atoms with E-state index >= 15 is 0 Å². The molecule has 0 saturated carbocycles. The Labute approximate surface area is 87.4 Å². The second-order valence-corrected chi connectivity index (χ2v) is 3.44. The molecule has 0 bridgehead atoms. The molecule has 1 aliphatic heterocycles. The van der Waals surface area contributed by atoms with Crippen molar-refractivity contribution in [1.29, 1.82) is 0 Å². The Kier molecular flexibility index (Phi) is 2.87. The van der Waals surface area contributed by atoms with E-state index in [1.807, 2.05) is 18.2 Å². The minimum Gasteiger partial charge on any atom is -0.481 e. The minimum atomic E-state index is -0.777. The predicted octanol–water partition coefficient (Wildman–Crippen LogP) is 1.57. The molecule has 0 fully saturated rings. The Bertz CT molecular complexity index is 373. The van der Waals surface area contributed by atoms with Gasteiger partial charge in [0.25, 0.3) is 0 Å². The normalized spacial score (nSPS) is 14.1. The molecule has 0 saturated heterocycles. The van der Waals surface area contributed by atoms with Gasteiger partial charge in [-0.05, 0) is 18.1 Å². The van der Waals surface area contributed by atoms with Gasteiger partial charge in [0, 0.05) is 18.4 Å². The monoisotopic (exact) mass is 208 g/mol. The van der Waals surface area contributed by atoms with Crippen LogP contribution in [0.5, 0.6) is 5.75 Å². The maximum Gasteiger partial charge on any atom is 0.303 e. The molecule has 1 aromatic carbocycles. The lowest BCUT2D eigenvalue weighted by molar-refractivity contribution is -0.215. The Morgan fingerprint density at radius 2 is 2.33 bits per heavy atom. The molecular weight excluding hydrogens is 196 g/mol. The quantitative estimate of drug-likeness (QED) is 0.766. The van der Waals surface area contributed by atoms with Crippen molar-refractivity contribution >= 4 is 5.97 Å². The van der Waals surface area contributed by atoms with Crippen LogP contribution in [-0.4, -0.2) is 17.7 Å². The summed E-state index contributed by atoms with van der Waals surface area (Å²) in [5, 5.41) is 8.62. The van der Waals surface area contributed by atoms with Crippen molar-refractivity contribution in [1.82, 2.24) is 0 Å². The van der Waals surface area contributed by atoms with Crippen LogP contribution in [0.15, 0.2) is 18.2 Å². The molecule has 0 amide bonds. The SMILES string of the molecule is O=C(O)CCc1cccc2c1CCOO2. The molecule has 4 nitrogen and oxygen atoms in total. The van der Waals surface area contributed by atoms with Crippen LogP contribution in [0.25, 0.3) is 0 Å². The molecule has 0 unspecified atom stereocenters. The number of carboxylic acids is 1. The minimum absolute atomic E-state index is 0.150. The van der Waals surface area contributed by atoms with E-state index in [-0.39, 0.29) is 6.42 Å².